The van der Waals surface area contributed by atoms with E-state index >= 15 is 0 Å². The van der Waals surface area contributed by atoms with E-state index in [0.29, 0.717) is 16.4 Å². The summed E-state index contributed by atoms with van der Waals surface area (Å²) in [5, 5.41) is 0.573. The predicted molar refractivity (Wildman–Crippen MR) is 112 cm³/mol. The van der Waals surface area contributed by atoms with Crippen LogP contribution in [0.15, 0.2) is 39.7 Å². The lowest BCUT2D eigenvalue weighted by Crippen LogP contribution is -2.52. The van der Waals surface area contributed by atoms with Crippen LogP contribution in [-0.2, 0) is 4.79 Å². The molecule has 2 aliphatic heterocycles. The molecule has 0 saturated heterocycles. The van der Waals surface area contributed by atoms with E-state index in [2.05, 4.69) is 4.99 Å². The fourth-order valence-corrected chi connectivity index (χ4v) is 4.49. The van der Waals surface area contributed by atoms with E-state index in [-0.39, 0.29) is 17.4 Å². The normalized spacial score (nSPS) is 19.4. The van der Waals surface area contributed by atoms with E-state index in [4.69, 9.17) is 11.6 Å². The third-order valence-electron chi connectivity index (χ3n) is 4.73. The molecule has 1 aromatic rings. The number of nitrogens with zero attached hydrogens (tertiary/aromatic N) is 3. The number of benzene rings is 1. The number of halogens is 1. The third kappa shape index (κ3) is 3.82. The van der Waals surface area contributed by atoms with Crippen LogP contribution < -0.4 is 0 Å². The lowest BCUT2D eigenvalue weighted by atomic mass is 9.96. The standard InChI is InChI=1S/C20H21ClN3O3S/c1-4-5-13-10-22-18-16(19(26)24(3)20(27)23(18)2)17(13)28-11-15(25)12-6-8-14(21)9-7-12/h6-10,16H,4-5,11H2,1-3H3/q+1. The second-order valence-corrected chi connectivity index (χ2v) is 8.10. The molecule has 3 rings (SSSR count). The molecule has 0 aliphatic carbocycles. The molecule has 3 amide bonds. The van der Waals surface area contributed by atoms with Crippen molar-refractivity contribution in [3.63, 3.8) is 0 Å². The fraction of sp³-hybridized carbons (Fsp3) is 0.350. The lowest BCUT2D eigenvalue weighted by Gasteiger charge is -2.28. The van der Waals surface area contributed by atoms with E-state index < -0.39 is 11.9 Å². The predicted octanol–water partition coefficient (Wildman–Crippen LogP) is 3.64. The second-order valence-electron chi connectivity index (χ2n) is 6.65. The van der Waals surface area contributed by atoms with Crippen molar-refractivity contribution in [2.24, 2.45) is 10.9 Å². The number of aliphatic imine (C=N–C) groups is 1. The van der Waals surface area contributed by atoms with E-state index in [1.807, 2.05) is 6.92 Å². The first-order valence-corrected chi connectivity index (χ1v) is 10.3. The lowest BCUT2D eigenvalue weighted by molar-refractivity contribution is -0.407. The molecule has 2 heterocycles. The quantitative estimate of drug-likeness (QED) is 0.522. The number of rotatable bonds is 6. The fourth-order valence-electron chi connectivity index (χ4n) is 3.19. The number of dihydropyridines is 1. The molecular weight excluding hydrogens is 398 g/mol. The minimum atomic E-state index is -0.651. The minimum Gasteiger partial charge on any atom is -0.293 e. The van der Waals surface area contributed by atoms with E-state index in [1.165, 1.54) is 23.4 Å². The summed E-state index contributed by atoms with van der Waals surface area (Å²) in [6.45, 7) is 2.05. The third-order valence-corrected chi connectivity index (χ3v) is 6.20. The van der Waals surface area contributed by atoms with Gasteiger partial charge in [0.25, 0.3) is 5.84 Å². The molecule has 0 fully saturated rings. The second kappa shape index (κ2) is 8.41. The molecule has 0 bridgehead atoms. The van der Waals surface area contributed by atoms with Crippen molar-refractivity contribution in [2.75, 3.05) is 19.8 Å². The monoisotopic (exact) mass is 418 g/mol. The summed E-state index contributed by atoms with van der Waals surface area (Å²) in [6.07, 6.45) is 3.35. The molecule has 0 N–H and O–H groups in total. The van der Waals surface area contributed by atoms with Crippen LogP contribution in [0.4, 0.5) is 4.79 Å². The molecule has 6 nitrogen and oxygen atoms in total. The van der Waals surface area contributed by atoms with Crippen LogP contribution in [-0.4, -0.2) is 59.1 Å². The Hall–Kier alpha value is -2.25. The first-order chi connectivity index (χ1) is 13.3. The number of fused-ring (bicyclic) bond motifs is 1. The highest BCUT2D eigenvalue weighted by molar-refractivity contribution is 8.03. The van der Waals surface area contributed by atoms with Gasteiger partial charge in [-0.2, -0.15) is 9.48 Å². The zero-order chi connectivity index (χ0) is 20.4. The van der Waals surface area contributed by atoms with Gasteiger partial charge in [0.05, 0.1) is 19.8 Å². The molecule has 2 aliphatic rings. The topological polar surface area (TPSA) is 69.8 Å². The molecule has 0 spiro atoms. The summed E-state index contributed by atoms with van der Waals surface area (Å²) in [5.74, 6) is -0.409. The minimum absolute atomic E-state index is 0.0462. The van der Waals surface area contributed by atoms with Crippen molar-refractivity contribution in [2.45, 2.75) is 19.8 Å². The molecule has 0 aromatic heterocycles. The number of Topliss-reactive ketones (excluding diaryl/α,β-unsaturated/α-hetero) is 1. The van der Waals surface area contributed by atoms with Crippen LogP contribution in [0.5, 0.6) is 0 Å². The smallest absolute Gasteiger partial charge is 0.293 e. The largest absolute Gasteiger partial charge is 0.445 e. The van der Waals surface area contributed by atoms with Crippen LogP contribution in [0.2, 0.25) is 5.02 Å². The van der Waals surface area contributed by atoms with Crippen molar-refractivity contribution < 1.29 is 19.0 Å². The van der Waals surface area contributed by atoms with Gasteiger partial charge in [-0.3, -0.25) is 9.59 Å². The first-order valence-electron chi connectivity index (χ1n) is 8.96. The van der Waals surface area contributed by atoms with Gasteiger partial charge in [-0.25, -0.2) is 4.79 Å². The van der Waals surface area contributed by atoms with Gasteiger partial charge >= 0.3 is 11.9 Å². The van der Waals surface area contributed by atoms with Gasteiger partial charge in [-0.15, -0.1) is 16.8 Å². The first kappa shape index (κ1) is 20.5. The van der Waals surface area contributed by atoms with Crippen molar-refractivity contribution in [3.8, 4) is 0 Å². The van der Waals surface area contributed by atoms with Crippen molar-refractivity contribution in [1.29, 1.82) is 0 Å². The Kier molecular flexibility index (Phi) is 6.15. The van der Waals surface area contributed by atoms with Gasteiger partial charge in [0, 0.05) is 15.5 Å². The molecule has 1 atom stereocenters. The summed E-state index contributed by atoms with van der Waals surface area (Å²) in [7, 11) is 3.08. The summed E-state index contributed by atoms with van der Waals surface area (Å²) >= 11 is 7.23. The van der Waals surface area contributed by atoms with Crippen LogP contribution in [0.25, 0.3) is 0 Å². The number of amidine groups is 1. The average Bonchev–Trinajstić information content (AvgIpc) is 2.69. The van der Waals surface area contributed by atoms with Crippen LogP contribution >= 0.6 is 23.4 Å². The summed E-state index contributed by atoms with van der Waals surface area (Å²) in [6, 6.07) is 6.34. The maximum atomic E-state index is 12.9. The number of thioether (sulfide) groups is 1. The van der Waals surface area contributed by atoms with Crippen LogP contribution in [0, 0.1) is 5.92 Å². The van der Waals surface area contributed by atoms with E-state index in [0.717, 1.165) is 28.2 Å². The van der Waals surface area contributed by atoms with Gasteiger partial charge in [0.1, 0.15) is 6.21 Å². The molecule has 8 heteroatoms. The molecule has 28 heavy (non-hydrogen) atoms. The van der Waals surface area contributed by atoms with Gasteiger partial charge < -0.3 is 0 Å². The zero-order valence-corrected chi connectivity index (χ0v) is 17.5. The number of hydrogen-bond donors (Lipinski definition) is 0. The average molecular weight is 419 g/mol. The SMILES string of the molecule is CCCC1=C(SCC(=O)c2ccc(Cl)cc2)C2C(=O)N(C)C(=O)[N+](C)=C2N=C1. The number of carbonyl (C=O) groups is 3. The van der Waals surface area contributed by atoms with Gasteiger partial charge in [-0.05, 0) is 36.3 Å². The number of urea groups is 1. The Bertz CT molecular complexity index is 935. The highest BCUT2D eigenvalue weighted by Crippen LogP contribution is 2.36. The molecule has 0 radical (unpaired) electrons. The Morgan fingerprint density at radius 3 is 2.61 bits per heavy atom. The number of hydrogen-bond acceptors (Lipinski definition) is 5. The summed E-state index contributed by atoms with van der Waals surface area (Å²) < 4.78 is 1.40. The molecular formula is C20H21ClN3O3S+. The van der Waals surface area contributed by atoms with Crippen molar-refractivity contribution in [3.05, 3.63) is 45.3 Å². The highest BCUT2D eigenvalue weighted by Gasteiger charge is 2.48. The highest BCUT2D eigenvalue weighted by atomic mass is 35.5. The maximum absolute atomic E-state index is 12.9. The van der Waals surface area contributed by atoms with E-state index in [1.54, 1.807) is 37.5 Å². The number of carbonyl (C=O) groups excluding carboxylic acids is 3. The van der Waals surface area contributed by atoms with Crippen molar-refractivity contribution in [1.82, 2.24) is 4.90 Å². The zero-order valence-electron chi connectivity index (χ0n) is 15.9. The Morgan fingerprint density at radius 1 is 1.29 bits per heavy atom. The van der Waals surface area contributed by atoms with Crippen molar-refractivity contribution >= 4 is 53.1 Å². The van der Waals surface area contributed by atoms with Crippen LogP contribution in [0.3, 0.4) is 0 Å². The Morgan fingerprint density at radius 2 is 1.96 bits per heavy atom. The number of ketones is 1. The van der Waals surface area contributed by atoms with E-state index in [9.17, 15) is 14.4 Å². The Balaban J connectivity index is 1.91. The number of amides is 3. The van der Waals surface area contributed by atoms with Gasteiger partial charge in [0.2, 0.25) is 0 Å². The van der Waals surface area contributed by atoms with Gasteiger partial charge in [-0.1, -0.05) is 24.9 Å². The number of allylic oxidation sites excluding steroid dienone is 1. The summed E-state index contributed by atoms with van der Waals surface area (Å²) in [4.78, 5) is 44.0. The number of imide groups is 1. The molecule has 0 saturated carbocycles. The Labute approximate surface area is 173 Å². The van der Waals surface area contributed by atoms with Crippen LogP contribution in [0.1, 0.15) is 30.1 Å². The van der Waals surface area contributed by atoms with Gasteiger partial charge in [0.15, 0.2) is 11.7 Å². The summed E-state index contributed by atoms with van der Waals surface area (Å²) in [5.41, 5.74) is 1.51. The molecule has 1 aromatic carbocycles. The molecule has 146 valence electrons. The molecule has 1 unspecified atom stereocenters. The maximum Gasteiger partial charge on any atom is 0.445 e.